The van der Waals surface area contributed by atoms with Gasteiger partial charge in [-0.25, -0.2) is 0 Å². The summed E-state index contributed by atoms with van der Waals surface area (Å²) in [6, 6.07) is 13.2. The second kappa shape index (κ2) is 33.3. The molecular weight excluding hydrogens is 1340 g/mol. The molecule has 40 nitrogen and oxygen atoms in total. The molecule has 22 aliphatic heterocycles. The van der Waals surface area contributed by atoms with Gasteiger partial charge < -0.3 is 183 Å². The van der Waals surface area contributed by atoms with E-state index in [4.69, 9.17) is 71.1 Å². The Labute approximate surface area is 561 Å². The second-order valence-electron chi connectivity index (χ2n) is 25.0. The molecule has 0 aliphatic carbocycles. The van der Waals surface area contributed by atoms with Gasteiger partial charge in [0.15, 0.2) is 44.0 Å². The van der Waals surface area contributed by atoms with Gasteiger partial charge in [-0.15, -0.1) is 0 Å². The molecule has 22 saturated heterocycles. The summed E-state index contributed by atoms with van der Waals surface area (Å²) in [5.74, 6) is -0.785. The maximum atomic E-state index is 13.9. The lowest BCUT2D eigenvalue weighted by atomic mass is 9.95. The van der Waals surface area contributed by atoms with Crippen LogP contribution in [0.2, 0.25) is 0 Å². The minimum Gasteiger partial charge on any atom is -0.394 e. The number of azo groups is 1. The second-order valence-corrected chi connectivity index (χ2v) is 25.0. The molecule has 24 rings (SSSR count). The van der Waals surface area contributed by atoms with Crippen molar-refractivity contribution >= 4 is 23.0 Å². The van der Waals surface area contributed by atoms with Crippen molar-refractivity contribution in [2.24, 2.45) is 10.2 Å². The van der Waals surface area contributed by atoms with Crippen LogP contribution in [0.1, 0.15) is 10.4 Å². The van der Waals surface area contributed by atoms with Crippen molar-refractivity contribution in [2.45, 2.75) is 215 Å². The minimum absolute atomic E-state index is 0.0368. The third-order valence-corrected chi connectivity index (χ3v) is 18.7. The molecule has 0 spiro atoms. The number of amides is 1. The van der Waals surface area contributed by atoms with Gasteiger partial charge in [0.05, 0.1) is 64.2 Å². The number of morpholine rings is 1. The first-order valence-electron chi connectivity index (χ1n) is 32.1. The van der Waals surface area contributed by atoms with Gasteiger partial charge in [-0.1, -0.05) is 0 Å². The zero-order chi connectivity index (χ0) is 70.8. The van der Waals surface area contributed by atoms with Crippen LogP contribution >= 0.6 is 0 Å². The maximum absolute atomic E-state index is 13.9. The number of aliphatic hydroxyl groups is 20. The fourth-order valence-electron chi connectivity index (χ4n) is 13.1. The van der Waals surface area contributed by atoms with Gasteiger partial charge >= 0.3 is 0 Å². The van der Waals surface area contributed by atoms with E-state index < -0.39 is 267 Å². The third-order valence-electron chi connectivity index (χ3n) is 18.7. The summed E-state index contributed by atoms with van der Waals surface area (Å²) in [5.41, 5.74) is 1.91. The van der Waals surface area contributed by atoms with E-state index in [1.54, 1.807) is 12.1 Å². The number of carbonyl (C=O) groups is 1. The Hall–Kier alpha value is -4.09. The van der Waals surface area contributed by atoms with Crippen molar-refractivity contribution in [1.82, 2.24) is 5.32 Å². The number of nitrogens with zero attached hydrogens (tertiary/aromatic N) is 3. The highest BCUT2D eigenvalue weighted by Gasteiger charge is 2.60. The van der Waals surface area contributed by atoms with Gasteiger partial charge in [-0.3, -0.25) is 4.79 Å². The topological polar surface area (TPSA) is 600 Å². The lowest BCUT2D eigenvalue weighted by molar-refractivity contribution is -0.396. The number of benzene rings is 2. The van der Waals surface area contributed by atoms with Crippen LogP contribution in [0.3, 0.4) is 0 Å². The predicted molar refractivity (Wildman–Crippen MR) is 314 cm³/mol. The standard InChI is InChI=1S/C59H86N4O36/c64-14-25-46-33(72)40(79)55(88-25)96-48-27(16-66)90-57(42(81)35(48)74)98-50-29(18-68)92-59(44(83)37(50)76)99-51-30(19-69)91-58(43(82)36(51)75)97-49-28(17-67)89-56(41(80)34(49)73)95-47-26(15-65)87-54(39(78)32(47)71)93-45-24(86-53(94-46)38(77)31(45)70)13-60-52(84)20-1-3-21(4-2-20)61-62-22-5-7-23(8-6-22)63-9-11-85-12-10-63/h1-8,24-51,53-59,64-83H,9-19H2,(H,60,84)/t24-,25-,26-,27-,28-,29-,30-,31-,32-,33-,34-,35-,36-,37-,38-,39-,40-,41-,42-,43-,44-,45-,46-,47-,48-,49-,50-,51-,53-,54-,55-,56-,57-,58-,59-/m1/s1. The zero-order valence-electron chi connectivity index (χ0n) is 52.4. The van der Waals surface area contributed by atoms with Crippen LogP contribution in [0.15, 0.2) is 58.8 Å². The number of carbonyl (C=O) groups excluding carboxylic acids is 1. The molecule has 35 atom stereocenters. The Kier molecular flexibility index (Phi) is 25.6. The zero-order valence-corrected chi connectivity index (χ0v) is 52.4. The fraction of sp³-hybridized carbons (Fsp3) is 0.780. The Morgan fingerprint density at radius 3 is 0.818 bits per heavy atom. The highest BCUT2D eigenvalue weighted by Crippen LogP contribution is 2.39. The van der Waals surface area contributed by atoms with Crippen molar-refractivity contribution in [3.05, 3.63) is 54.1 Å². The maximum Gasteiger partial charge on any atom is 0.251 e. The van der Waals surface area contributed by atoms with E-state index in [9.17, 15) is 107 Å². The lowest BCUT2D eigenvalue weighted by Gasteiger charge is -2.50. The molecule has 1 amide bonds. The van der Waals surface area contributed by atoms with E-state index in [0.717, 1.165) is 18.8 Å². The largest absolute Gasteiger partial charge is 0.394 e. The monoisotopic (exact) mass is 1430 g/mol. The normalized spacial score (nSPS) is 46.6. The number of anilines is 1. The van der Waals surface area contributed by atoms with Crippen molar-refractivity contribution in [2.75, 3.05) is 77.4 Å². The molecule has 99 heavy (non-hydrogen) atoms. The number of rotatable bonds is 12. The van der Waals surface area contributed by atoms with Gasteiger partial charge in [-0.05, 0) is 48.5 Å². The molecule has 558 valence electrons. The van der Waals surface area contributed by atoms with Crippen LogP contribution in [0.5, 0.6) is 0 Å². The van der Waals surface area contributed by atoms with Gasteiger partial charge in [0.25, 0.3) is 5.91 Å². The van der Waals surface area contributed by atoms with Crippen LogP contribution in [0, 0.1) is 0 Å². The lowest BCUT2D eigenvalue weighted by Crippen LogP contribution is -2.68. The molecule has 0 aromatic heterocycles. The number of hydrogen-bond acceptors (Lipinski definition) is 39. The van der Waals surface area contributed by atoms with E-state index >= 15 is 0 Å². The number of hydrogen-bond donors (Lipinski definition) is 21. The summed E-state index contributed by atoms with van der Waals surface area (Å²) >= 11 is 0. The van der Waals surface area contributed by atoms with Crippen molar-refractivity contribution in [3.63, 3.8) is 0 Å². The van der Waals surface area contributed by atoms with Gasteiger partial charge in [0, 0.05) is 30.9 Å². The summed E-state index contributed by atoms with van der Waals surface area (Å²) in [5, 5.41) is 236. The number of ether oxygens (including phenoxy) is 15. The van der Waals surface area contributed by atoms with E-state index in [-0.39, 0.29) is 5.56 Å². The summed E-state index contributed by atoms with van der Waals surface area (Å²) in [4.78, 5) is 16.1. The SMILES string of the molecule is O=C(NC[C@H]1O[C@@H]2O[C@H]3[C@H](O)[C@@H](O)[C@@H](O[C@H]4[C@H](O)[C@@H](O)[C@@H](O[C@H]5[C@H](O)[C@@H](O)[C@@H](O[C@H]6[C@H](O)[C@@H](O)[C@@H](O[C@H]7[C@H](O)[C@@H](O)[C@@H](O[C@H]8[C@H](O)[C@@H](O)[C@@H](O[C@H]1[C@H](O)[C@H]2O)O[C@@H]8CO)O[C@@H]7CO)O[C@@H]6CO)O[C@@H]5CO)O[C@@H]4CO)O[C@@H]3CO)c1ccc(N=Nc2ccc(N3CCOCC3)cc2)cc1. The average Bonchev–Trinajstić information content (AvgIpc) is 0.784. The first-order valence-corrected chi connectivity index (χ1v) is 32.1. The van der Waals surface area contributed by atoms with Crippen LogP contribution in [-0.2, 0) is 71.1 Å². The molecule has 22 heterocycles. The van der Waals surface area contributed by atoms with Crippen LogP contribution in [0.4, 0.5) is 17.1 Å². The summed E-state index contributed by atoms with van der Waals surface area (Å²) in [6.07, 6.45) is -71.9. The van der Waals surface area contributed by atoms with E-state index in [1.807, 2.05) is 12.1 Å². The Morgan fingerprint density at radius 1 is 0.333 bits per heavy atom. The highest BCUT2D eigenvalue weighted by atomic mass is 16.8. The van der Waals surface area contributed by atoms with Gasteiger partial charge in [0.2, 0.25) is 0 Å². The van der Waals surface area contributed by atoms with E-state index in [1.165, 1.54) is 24.3 Å². The van der Waals surface area contributed by atoms with Crippen LogP contribution in [0.25, 0.3) is 0 Å². The van der Waals surface area contributed by atoms with Crippen molar-refractivity contribution in [1.29, 1.82) is 0 Å². The summed E-state index contributed by atoms with van der Waals surface area (Å²) < 4.78 is 87.0. The molecule has 21 N–H and O–H groups in total. The molecule has 0 unspecified atom stereocenters. The molecule has 2 aromatic rings. The van der Waals surface area contributed by atoms with E-state index in [0.29, 0.717) is 24.6 Å². The van der Waals surface area contributed by atoms with Crippen molar-refractivity contribution in [3.8, 4) is 0 Å². The Balaban J connectivity index is 0.857. The molecular formula is C59H86N4O36. The molecule has 0 saturated carbocycles. The molecule has 22 fully saturated rings. The van der Waals surface area contributed by atoms with Crippen LogP contribution in [-0.4, -0.2) is 395 Å². The quantitative estimate of drug-likeness (QED) is 0.0878. The molecule has 2 aromatic carbocycles. The minimum atomic E-state index is -2.29. The smallest absolute Gasteiger partial charge is 0.251 e. The Bertz CT molecular complexity index is 2880. The third kappa shape index (κ3) is 16.1. The summed E-state index contributed by atoms with van der Waals surface area (Å²) in [6.45, 7) is -4.45. The van der Waals surface area contributed by atoms with Gasteiger partial charge in [-0.2, -0.15) is 10.2 Å². The number of aliphatic hydroxyl groups excluding tert-OH is 20. The summed E-state index contributed by atoms with van der Waals surface area (Å²) in [7, 11) is 0. The number of nitrogens with one attached hydrogen (secondary N) is 1. The molecule has 22 aliphatic rings. The first kappa shape index (κ1) is 76.1. The average molecular weight is 1430 g/mol. The fourth-order valence-corrected chi connectivity index (χ4v) is 13.1. The Morgan fingerprint density at radius 2 is 0.566 bits per heavy atom. The molecule has 14 bridgehead atoms. The van der Waals surface area contributed by atoms with E-state index in [2.05, 4.69) is 20.4 Å². The van der Waals surface area contributed by atoms with Gasteiger partial charge in [0.1, 0.15) is 171 Å². The first-order chi connectivity index (χ1) is 47.5. The predicted octanol–water partition coefficient (Wildman–Crippen LogP) is -11.5. The highest BCUT2D eigenvalue weighted by molar-refractivity contribution is 5.94. The van der Waals surface area contributed by atoms with Crippen molar-refractivity contribution < 1.29 is 178 Å². The molecule has 0 radical (unpaired) electrons. The van der Waals surface area contributed by atoms with Crippen LogP contribution < -0.4 is 10.2 Å². The molecule has 40 heteroatoms.